The lowest BCUT2D eigenvalue weighted by molar-refractivity contribution is 0.193. The van der Waals surface area contributed by atoms with Crippen molar-refractivity contribution in [3.05, 3.63) is 236 Å². The Labute approximate surface area is 678 Å². The molecule has 4 saturated heterocycles. The molecule has 4 fully saturated rings. The zero-order chi connectivity index (χ0) is 83.3. The van der Waals surface area contributed by atoms with Crippen LogP contribution in [0.25, 0.3) is 24.3 Å². The van der Waals surface area contributed by atoms with Gasteiger partial charge in [-0.05, 0) is 153 Å². The molecular weight excluding hydrogens is 1550 g/mol. The number of anilines is 12. The highest BCUT2D eigenvalue weighted by atomic mass is 35.5. The highest BCUT2D eigenvalue weighted by Crippen LogP contribution is 2.41. The van der Waals surface area contributed by atoms with Crippen LogP contribution in [0.15, 0.2) is 133 Å². The summed E-state index contributed by atoms with van der Waals surface area (Å²) in [6, 6.07) is 26.3. The first-order chi connectivity index (χ1) is 56.9. The molecule has 0 bridgehead atoms. The van der Waals surface area contributed by atoms with Gasteiger partial charge in [0.25, 0.3) is 0 Å². The van der Waals surface area contributed by atoms with Crippen LogP contribution in [0.4, 0.5) is 97.2 Å². The minimum atomic E-state index is -1.02. The number of aryl methyl sites for hydroxylation is 4. The monoisotopic (exact) mass is 1630 g/mol. The largest absolute Gasteiger partial charge is 0.391 e. The Balaban J connectivity index is 0.000000136. The standard InChI is InChI=1S/C20H21ClFN7O.C20H21F2N7O.C20H21F2N7.C20H22FN7O/c2*1-3-4-13-8-18(28-27-13)25-19-23-11(2)24-20(26-19)29-10-14(30)9-17(29)15-6-5-12(21)7-16(15)22;1-3-4-16-10-18(28-27-16)25-19-23-12(2)24-20(26-19)29-11-15(22)9-17(29)13-5-7-14(21)8-6-13;1-3-4-15-9-18(27-26-15)24-19-22-12(2)23-20(25-19)28-11-16(29)10-17(28)13-5-7-14(21)8-6-13/h2*3-8,14,17,30H,9-10H2,1-2H3,(H2,23,24,25,26,27,28);3-8,10,15,17H,9,11H2,1-2H3,(H2,23,24,25,26,27,28);3-9,16-17,29H,10-11H2,1-2H3,(H2,22,23,24,25,26,27)/b4*4-3+. The topological polar surface area (TPSA) is 391 Å². The highest BCUT2D eigenvalue weighted by molar-refractivity contribution is 6.30. The molecular formula is C80H85ClF6N28O3. The van der Waals surface area contributed by atoms with Crippen LogP contribution in [-0.2, 0) is 0 Å². The molecule has 31 nitrogen and oxygen atoms in total. The smallest absolute Gasteiger partial charge is 0.233 e. The number of alkyl halides is 1. The SMILES string of the molecule is C/C=C/c1cc(Nc2nc(C)nc(N3CC(F)CC3c3ccc(F)cc3)n2)n[nH]1.C/C=C/c1cc(Nc2nc(C)nc(N3CC(O)CC3c3ccc(Cl)cc3F)n2)n[nH]1.C/C=C/c1cc(Nc2nc(C)nc(N3CC(O)CC3c3ccc(F)cc3)n2)n[nH]1.C/C=C/c1cc(Nc2nc(C)nc(N3CC(O)CC3c3ccc(F)cc3F)n2)n[nH]1. The number of hydrogen-bond donors (Lipinski definition) is 11. The van der Waals surface area contributed by atoms with Crippen molar-refractivity contribution >= 4 is 107 Å². The van der Waals surface area contributed by atoms with Gasteiger partial charge in [-0.2, -0.15) is 80.2 Å². The molecule has 0 aliphatic carbocycles. The number of H-pyrrole nitrogens is 4. The molecule has 11 N–H and O–H groups in total. The average Bonchev–Trinajstić information content (AvgIpc) is 1.64. The zero-order valence-corrected chi connectivity index (χ0v) is 66.0. The number of β-amino-alcohol motifs (C(OH)–C–C–N with tert-alkyl or cyclic N) is 3. The lowest BCUT2D eigenvalue weighted by Crippen LogP contribution is -2.27. The van der Waals surface area contributed by atoms with E-state index < -0.39 is 54.0 Å². The molecule has 12 aromatic rings. The molecule has 0 saturated carbocycles. The van der Waals surface area contributed by atoms with Crippen LogP contribution >= 0.6 is 11.6 Å². The molecule has 4 aliphatic rings. The number of aromatic amines is 4. The summed E-state index contributed by atoms with van der Waals surface area (Å²) in [6.45, 7) is 15.7. The summed E-state index contributed by atoms with van der Waals surface area (Å²) in [5.41, 5.74) is 5.81. The third-order valence-corrected chi connectivity index (χ3v) is 19.2. The van der Waals surface area contributed by atoms with E-state index in [2.05, 4.69) is 122 Å². The third-order valence-electron chi connectivity index (χ3n) is 18.9. The van der Waals surface area contributed by atoms with Gasteiger partial charge in [-0.3, -0.25) is 20.4 Å². The zero-order valence-electron chi connectivity index (χ0n) is 65.2. The first-order valence-corrected chi connectivity index (χ1v) is 38.1. The van der Waals surface area contributed by atoms with E-state index in [0.717, 1.165) is 40.0 Å². The minimum absolute atomic E-state index is 0.146. The number of nitrogens with one attached hydrogen (secondary N) is 8. The second kappa shape index (κ2) is 37.6. The number of rotatable bonds is 20. The van der Waals surface area contributed by atoms with E-state index in [-0.39, 0.29) is 61.3 Å². The number of benzene rings is 4. The summed E-state index contributed by atoms with van der Waals surface area (Å²) >= 11 is 5.89. The van der Waals surface area contributed by atoms with E-state index in [1.807, 2.05) is 99.4 Å². The fourth-order valence-corrected chi connectivity index (χ4v) is 14.1. The molecule has 16 rings (SSSR count). The number of aromatic nitrogens is 20. The molecule has 0 amide bonds. The van der Waals surface area contributed by atoms with Gasteiger partial charge >= 0.3 is 0 Å². The average molecular weight is 1640 g/mol. The van der Waals surface area contributed by atoms with Crippen LogP contribution in [0, 0.1) is 56.8 Å². The number of aliphatic hydroxyl groups is 3. The molecule has 0 spiro atoms. The number of halogens is 7. The highest BCUT2D eigenvalue weighted by Gasteiger charge is 2.40. The van der Waals surface area contributed by atoms with E-state index in [0.29, 0.717) is 125 Å². The van der Waals surface area contributed by atoms with Crippen LogP contribution in [-0.4, -0.2) is 167 Å². The predicted molar refractivity (Wildman–Crippen MR) is 437 cm³/mol. The molecule has 118 heavy (non-hydrogen) atoms. The fourth-order valence-electron chi connectivity index (χ4n) is 14.0. The van der Waals surface area contributed by atoms with Gasteiger partial charge < -0.3 is 56.2 Å². The van der Waals surface area contributed by atoms with Crippen molar-refractivity contribution in [2.45, 2.75) is 130 Å². The Morgan fingerprint density at radius 3 is 0.992 bits per heavy atom. The summed E-state index contributed by atoms with van der Waals surface area (Å²) in [5.74, 6) is 4.60. The molecule has 12 heterocycles. The molecule has 0 radical (unpaired) electrons. The van der Waals surface area contributed by atoms with Gasteiger partial charge in [0.05, 0.1) is 71.8 Å². The Hall–Kier alpha value is -13.1. The summed E-state index contributed by atoms with van der Waals surface area (Å²) in [4.78, 5) is 60.0. The molecule has 612 valence electrons. The maximum Gasteiger partial charge on any atom is 0.233 e. The van der Waals surface area contributed by atoms with Gasteiger partial charge in [0.1, 0.15) is 58.6 Å². The fraction of sp³-hybridized carbons (Fsp3) is 0.300. The van der Waals surface area contributed by atoms with Crippen LogP contribution in [0.5, 0.6) is 0 Å². The number of hydrogen-bond acceptors (Lipinski definition) is 27. The van der Waals surface area contributed by atoms with Crippen molar-refractivity contribution in [3.8, 4) is 0 Å². The van der Waals surface area contributed by atoms with E-state index in [1.54, 1.807) is 84.9 Å². The molecule has 8 atom stereocenters. The van der Waals surface area contributed by atoms with E-state index in [4.69, 9.17) is 11.6 Å². The second-order valence-electron chi connectivity index (χ2n) is 28.0. The van der Waals surface area contributed by atoms with Crippen molar-refractivity contribution < 1.29 is 41.7 Å². The summed E-state index contributed by atoms with van der Waals surface area (Å²) in [6.07, 6.45) is 13.7. The van der Waals surface area contributed by atoms with E-state index >= 15 is 0 Å². The molecule has 8 aromatic heterocycles. The van der Waals surface area contributed by atoms with Crippen molar-refractivity contribution in [3.63, 3.8) is 0 Å². The van der Waals surface area contributed by atoms with E-state index in [9.17, 15) is 41.7 Å². The van der Waals surface area contributed by atoms with Crippen LogP contribution < -0.4 is 40.9 Å². The van der Waals surface area contributed by atoms with Gasteiger partial charge in [-0.25, -0.2) is 26.3 Å². The number of allylic oxidation sites excluding steroid dienone is 4. The second-order valence-corrected chi connectivity index (χ2v) is 28.4. The lowest BCUT2D eigenvalue weighted by atomic mass is 10.0. The van der Waals surface area contributed by atoms with Gasteiger partial charge in [0.15, 0.2) is 23.3 Å². The van der Waals surface area contributed by atoms with Crippen molar-refractivity contribution in [1.29, 1.82) is 0 Å². The quantitative estimate of drug-likeness (QED) is 0.0316. The van der Waals surface area contributed by atoms with Crippen LogP contribution in [0.3, 0.4) is 0 Å². The van der Waals surface area contributed by atoms with Crippen LogP contribution in [0.1, 0.15) is 146 Å². The number of nitrogens with zero attached hydrogens (tertiary/aromatic N) is 20. The molecule has 38 heteroatoms. The molecule has 4 aliphatic heterocycles. The number of aliphatic hydroxyl groups excluding tert-OH is 3. The molecule has 4 aromatic carbocycles. The third kappa shape index (κ3) is 21.1. The minimum Gasteiger partial charge on any atom is -0.391 e. The van der Waals surface area contributed by atoms with Crippen molar-refractivity contribution in [1.82, 2.24) is 101 Å². The first kappa shape index (κ1) is 82.8. The van der Waals surface area contributed by atoms with Crippen molar-refractivity contribution in [2.75, 3.05) is 67.0 Å². The lowest BCUT2D eigenvalue weighted by Gasteiger charge is -2.25. The van der Waals surface area contributed by atoms with Crippen LogP contribution in [0.2, 0.25) is 5.02 Å². The normalized spacial score (nSPS) is 19.1. The van der Waals surface area contributed by atoms with Gasteiger partial charge in [-0.1, -0.05) is 72.3 Å². The van der Waals surface area contributed by atoms with Crippen molar-refractivity contribution in [2.24, 2.45) is 0 Å². The first-order valence-electron chi connectivity index (χ1n) is 37.8. The van der Waals surface area contributed by atoms with Gasteiger partial charge in [0, 0.05) is 72.5 Å². The Morgan fingerprint density at radius 1 is 0.364 bits per heavy atom. The maximum atomic E-state index is 14.6. The predicted octanol–water partition coefficient (Wildman–Crippen LogP) is 14.3. The maximum absolute atomic E-state index is 14.6. The summed E-state index contributed by atoms with van der Waals surface area (Å²) < 4.78 is 83.2. The van der Waals surface area contributed by atoms with E-state index in [1.165, 1.54) is 42.5 Å². The Kier molecular flexibility index (Phi) is 26.4. The summed E-state index contributed by atoms with van der Waals surface area (Å²) in [7, 11) is 0. The molecule has 8 unspecified atom stereocenters. The Morgan fingerprint density at radius 2 is 0.661 bits per heavy atom. The summed E-state index contributed by atoms with van der Waals surface area (Å²) in [5, 5.41) is 71.5. The Bertz CT molecular complexity index is 5220. The van der Waals surface area contributed by atoms with Gasteiger partial charge in [0.2, 0.25) is 47.6 Å². The van der Waals surface area contributed by atoms with Gasteiger partial charge in [-0.15, -0.1) is 0 Å².